The molecule has 0 unspecified atom stereocenters. The Balaban J connectivity index is 1.83. The lowest BCUT2D eigenvalue weighted by molar-refractivity contribution is -0.140. The minimum absolute atomic E-state index is 0.0574. The molecule has 0 radical (unpaired) electrons. The number of halogens is 1. The van der Waals surface area contributed by atoms with Gasteiger partial charge in [-0.25, -0.2) is 4.98 Å². The summed E-state index contributed by atoms with van der Waals surface area (Å²) < 4.78 is 15.4. The van der Waals surface area contributed by atoms with Crippen molar-refractivity contribution >= 4 is 23.5 Å². The first-order valence-electron chi connectivity index (χ1n) is 7.35. The van der Waals surface area contributed by atoms with Crippen LogP contribution >= 0.6 is 11.6 Å². The molecule has 0 aromatic carbocycles. The van der Waals surface area contributed by atoms with Gasteiger partial charge in [-0.2, -0.15) is 0 Å². The predicted octanol–water partition coefficient (Wildman–Crippen LogP) is 1.59. The molecule has 1 aliphatic rings. The number of aromatic nitrogens is 1. The molecule has 1 saturated heterocycles. The van der Waals surface area contributed by atoms with Crippen LogP contribution in [0.1, 0.15) is 29.6 Å². The van der Waals surface area contributed by atoms with Gasteiger partial charge in [0.1, 0.15) is 11.1 Å². The number of carbonyl (C=O) groups excluding carboxylic acids is 2. The fourth-order valence-corrected chi connectivity index (χ4v) is 2.25. The van der Waals surface area contributed by atoms with Gasteiger partial charge in [-0.1, -0.05) is 11.6 Å². The number of hydrogen-bond donors (Lipinski definition) is 1. The van der Waals surface area contributed by atoms with E-state index in [1.807, 2.05) is 0 Å². The van der Waals surface area contributed by atoms with Gasteiger partial charge in [0.15, 0.2) is 0 Å². The van der Waals surface area contributed by atoms with E-state index in [-0.39, 0.29) is 29.4 Å². The lowest BCUT2D eigenvalue weighted by Crippen LogP contribution is -2.25. The molecule has 23 heavy (non-hydrogen) atoms. The normalized spacial score (nSPS) is 16.9. The molecule has 7 nitrogen and oxygen atoms in total. The van der Waals surface area contributed by atoms with Gasteiger partial charge in [-0.3, -0.25) is 9.59 Å². The lowest BCUT2D eigenvalue weighted by Gasteiger charge is -2.12. The summed E-state index contributed by atoms with van der Waals surface area (Å²) >= 11 is 6.10. The van der Waals surface area contributed by atoms with Crippen molar-refractivity contribution in [2.75, 3.05) is 26.9 Å². The predicted molar refractivity (Wildman–Crippen MR) is 82.7 cm³/mol. The van der Waals surface area contributed by atoms with E-state index in [4.69, 9.17) is 21.1 Å². The highest BCUT2D eigenvalue weighted by molar-refractivity contribution is 6.32. The molecule has 1 aromatic rings. The molecular weight excluding hydrogens is 324 g/mol. The van der Waals surface area contributed by atoms with Crippen molar-refractivity contribution in [2.45, 2.75) is 25.4 Å². The molecule has 1 N–H and O–H groups in total. The second kappa shape index (κ2) is 8.69. The van der Waals surface area contributed by atoms with Crippen molar-refractivity contribution in [3.05, 3.63) is 22.8 Å². The number of nitrogens with zero attached hydrogens (tertiary/aromatic N) is 1. The van der Waals surface area contributed by atoms with E-state index in [9.17, 15) is 9.59 Å². The minimum atomic E-state index is -0.306. The molecule has 1 atom stereocenters. The average molecular weight is 343 g/mol. The summed E-state index contributed by atoms with van der Waals surface area (Å²) in [5.41, 5.74) is 0.336. The monoisotopic (exact) mass is 342 g/mol. The maximum absolute atomic E-state index is 12.0. The largest absolute Gasteiger partial charge is 0.471 e. The molecule has 2 heterocycles. The van der Waals surface area contributed by atoms with Crippen LogP contribution in [0, 0.1) is 0 Å². The van der Waals surface area contributed by atoms with Crippen molar-refractivity contribution < 1.29 is 23.8 Å². The number of hydrogen-bond acceptors (Lipinski definition) is 6. The Morgan fingerprint density at radius 1 is 1.52 bits per heavy atom. The number of amides is 1. The Kier molecular flexibility index (Phi) is 6.61. The van der Waals surface area contributed by atoms with Crippen LogP contribution in [-0.2, 0) is 14.3 Å². The quantitative estimate of drug-likeness (QED) is 0.598. The van der Waals surface area contributed by atoms with Gasteiger partial charge < -0.3 is 19.5 Å². The standard InChI is InChI=1S/C15H19ClN2O5/c1-21-13(19)3-2-5-17-14(20)10-7-12(16)15(18-8-10)23-11-4-6-22-9-11/h7-8,11H,2-6,9H2,1H3,(H,17,20)/t11-/m0/s1. The zero-order valence-corrected chi connectivity index (χ0v) is 13.6. The first kappa shape index (κ1) is 17.5. The number of esters is 1. The van der Waals surface area contributed by atoms with E-state index in [1.54, 1.807) is 0 Å². The third-order valence-electron chi connectivity index (χ3n) is 3.31. The molecule has 0 saturated carbocycles. The first-order valence-corrected chi connectivity index (χ1v) is 7.73. The highest BCUT2D eigenvalue weighted by Gasteiger charge is 2.20. The molecule has 8 heteroatoms. The Hall–Kier alpha value is -1.86. The molecule has 1 aliphatic heterocycles. The Morgan fingerprint density at radius 3 is 3.00 bits per heavy atom. The summed E-state index contributed by atoms with van der Waals surface area (Å²) in [6.07, 6.45) is 2.90. The molecule has 126 valence electrons. The minimum Gasteiger partial charge on any atom is -0.471 e. The van der Waals surface area contributed by atoms with Crippen LogP contribution in [0.4, 0.5) is 0 Å². The van der Waals surface area contributed by atoms with E-state index in [1.165, 1.54) is 19.4 Å². The van der Waals surface area contributed by atoms with Gasteiger partial charge in [0.25, 0.3) is 5.91 Å². The van der Waals surface area contributed by atoms with Crippen LogP contribution in [-0.4, -0.2) is 49.8 Å². The third-order valence-corrected chi connectivity index (χ3v) is 3.58. The van der Waals surface area contributed by atoms with Crippen molar-refractivity contribution in [2.24, 2.45) is 0 Å². The lowest BCUT2D eigenvalue weighted by atomic mass is 10.2. The van der Waals surface area contributed by atoms with E-state index >= 15 is 0 Å². The van der Waals surface area contributed by atoms with Crippen molar-refractivity contribution in [1.82, 2.24) is 10.3 Å². The first-order chi connectivity index (χ1) is 11.1. The number of rotatable bonds is 7. The van der Waals surface area contributed by atoms with Gasteiger partial charge in [-0.05, 0) is 12.5 Å². The van der Waals surface area contributed by atoms with Crippen LogP contribution < -0.4 is 10.1 Å². The Bertz CT molecular complexity index is 561. The molecule has 1 fully saturated rings. The highest BCUT2D eigenvalue weighted by Crippen LogP contribution is 2.25. The van der Waals surface area contributed by atoms with Crippen LogP contribution in [0.3, 0.4) is 0 Å². The molecule has 1 amide bonds. The molecule has 0 spiro atoms. The van der Waals surface area contributed by atoms with E-state index in [2.05, 4.69) is 15.0 Å². The van der Waals surface area contributed by atoms with Gasteiger partial charge in [0.05, 0.1) is 25.9 Å². The molecular formula is C15H19ClN2O5. The van der Waals surface area contributed by atoms with Crippen LogP contribution in [0.2, 0.25) is 5.02 Å². The molecule has 0 aliphatic carbocycles. The third kappa shape index (κ3) is 5.37. The van der Waals surface area contributed by atoms with E-state index in [0.29, 0.717) is 37.6 Å². The Labute approximate surface area is 139 Å². The number of nitrogens with one attached hydrogen (secondary N) is 1. The van der Waals surface area contributed by atoms with Gasteiger partial charge in [0, 0.05) is 25.6 Å². The summed E-state index contributed by atoms with van der Waals surface area (Å²) in [7, 11) is 1.33. The fourth-order valence-electron chi connectivity index (χ4n) is 2.04. The van der Waals surface area contributed by atoms with Crippen LogP contribution in [0.25, 0.3) is 0 Å². The van der Waals surface area contributed by atoms with E-state index in [0.717, 1.165) is 6.42 Å². The molecule has 2 rings (SSSR count). The maximum Gasteiger partial charge on any atom is 0.305 e. The highest BCUT2D eigenvalue weighted by atomic mass is 35.5. The van der Waals surface area contributed by atoms with Crippen LogP contribution in [0.5, 0.6) is 5.88 Å². The summed E-state index contributed by atoms with van der Waals surface area (Å²) in [6, 6.07) is 1.51. The second-order valence-corrected chi connectivity index (χ2v) is 5.46. The number of carbonyl (C=O) groups is 2. The van der Waals surface area contributed by atoms with Crippen molar-refractivity contribution in [3.8, 4) is 5.88 Å². The van der Waals surface area contributed by atoms with Gasteiger partial charge in [-0.15, -0.1) is 0 Å². The van der Waals surface area contributed by atoms with Crippen LogP contribution in [0.15, 0.2) is 12.3 Å². The van der Waals surface area contributed by atoms with Gasteiger partial charge in [0.2, 0.25) is 5.88 Å². The zero-order chi connectivity index (χ0) is 16.7. The Morgan fingerprint density at radius 2 is 2.35 bits per heavy atom. The summed E-state index contributed by atoms with van der Waals surface area (Å²) in [5.74, 6) is -0.314. The van der Waals surface area contributed by atoms with E-state index < -0.39 is 0 Å². The topological polar surface area (TPSA) is 86.8 Å². The second-order valence-electron chi connectivity index (χ2n) is 5.05. The fraction of sp³-hybridized carbons (Fsp3) is 0.533. The smallest absolute Gasteiger partial charge is 0.305 e. The number of pyridine rings is 1. The molecule has 1 aromatic heterocycles. The van der Waals surface area contributed by atoms with Crippen molar-refractivity contribution in [1.29, 1.82) is 0 Å². The SMILES string of the molecule is COC(=O)CCCNC(=O)c1cnc(O[C@H]2CCOC2)c(Cl)c1. The molecule has 0 bridgehead atoms. The maximum atomic E-state index is 12.0. The number of methoxy groups -OCH3 is 1. The number of ether oxygens (including phenoxy) is 3. The summed E-state index contributed by atoms with van der Waals surface area (Å²) in [5, 5.41) is 2.97. The zero-order valence-electron chi connectivity index (χ0n) is 12.8. The van der Waals surface area contributed by atoms with Gasteiger partial charge >= 0.3 is 5.97 Å². The summed E-state index contributed by atoms with van der Waals surface area (Å²) in [6.45, 7) is 1.54. The van der Waals surface area contributed by atoms with Crippen molar-refractivity contribution in [3.63, 3.8) is 0 Å². The average Bonchev–Trinajstić information content (AvgIpc) is 3.06. The summed E-state index contributed by atoms with van der Waals surface area (Å²) in [4.78, 5) is 27.0.